The van der Waals surface area contributed by atoms with E-state index in [-0.39, 0.29) is 4.90 Å². The van der Waals surface area contributed by atoms with Crippen LogP contribution in [0.1, 0.15) is 219 Å². The van der Waals surface area contributed by atoms with Crippen LogP contribution >= 0.6 is 0 Å². The molecule has 5 heteroatoms. The number of quaternary nitrogens is 1. The zero-order chi connectivity index (χ0) is 36.3. The van der Waals surface area contributed by atoms with Crippen molar-refractivity contribution in [3.8, 4) is 0 Å². The Morgan fingerprint density at radius 2 is 0.653 bits per heavy atom. The van der Waals surface area contributed by atoms with Gasteiger partial charge in [0.05, 0.1) is 31.6 Å². The van der Waals surface area contributed by atoms with Crippen molar-refractivity contribution in [1.29, 1.82) is 0 Å². The second kappa shape index (κ2) is 34.2. The van der Waals surface area contributed by atoms with Crippen LogP contribution in [0.25, 0.3) is 0 Å². The van der Waals surface area contributed by atoms with Gasteiger partial charge in [0.1, 0.15) is 0 Å². The fourth-order valence-corrected chi connectivity index (χ4v) is 7.47. The summed E-state index contributed by atoms with van der Waals surface area (Å²) in [6, 6.07) is 5.99. The molecule has 0 aliphatic carbocycles. The lowest BCUT2D eigenvalue weighted by Gasteiger charge is -2.35. The van der Waals surface area contributed by atoms with E-state index in [1.165, 1.54) is 229 Å². The van der Waals surface area contributed by atoms with Crippen LogP contribution in [-0.4, -0.2) is 44.1 Å². The molecular weight excluding hydrogens is 623 g/mol. The predicted octanol–water partition coefficient (Wildman–Crippen LogP) is 14.4. The van der Waals surface area contributed by atoms with Gasteiger partial charge in [0.25, 0.3) is 10.1 Å². The lowest BCUT2D eigenvalue weighted by atomic mass is 10.0. The standard InChI is InChI=1S/C37H78N.C7H8O3S/c1-5-8-11-14-17-20-23-26-29-32-35-38(4,36-33-30-27-24-21-18-15-12-9-6-2)37-34-31-28-25-22-19-16-13-10-7-3;1-6-2-4-7(5-3-6)11(8,9)10/h5-37H2,1-4H3;2-5H,1H3,(H,8,9,10)/q+1;. The van der Waals surface area contributed by atoms with Crippen molar-refractivity contribution in [3.05, 3.63) is 29.8 Å². The number of aryl methyl sites for hydroxylation is 1. The molecule has 0 aliphatic rings. The molecule has 0 spiro atoms. The fraction of sp³-hybridized carbons (Fsp3) is 0.864. The quantitative estimate of drug-likeness (QED) is 0.0440. The molecule has 0 aromatic heterocycles. The number of benzene rings is 1. The lowest BCUT2D eigenvalue weighted by molar-refractivity contribution is -0.910. The van der Waals surface area contributed by atoms with E-state index in [2.05, 4.69) is 27.8 Å². The molecule has 1 N–H and O–H groups in total. The minimum Gasteiger partial charge on any atom is -0.326 e. The normalized spacial score (nSPS) is 11.9. The molecule has 1 rings (SSSR count). The summed E-state index contributed by atoms with van der Waals surface area (Å²) in [5.74, 6) is 0. The Labute approximate surface area is 308 Å². The Hall–Kier alpha value is -0.910. The first kappa shape index (κ1) is 48.1. The summed E-state index contributed by atoms with van der Waals surface area (Å²) in [5.41, 5.74) is 0.956. The van der Waals surface area contributed by atoms with Crippen molar-refractivity contribution < 1.29 is 17.5 Å². The molecule has 290 valence electrons. The number of hydrogen-bond acceptors (Lipinski definition) is 2. The van der Waals surface area contributed by atoms with Gasteiger partial charge in [-0.3, -0.25) is 4.55 Å². The first-order valence-corrected chi connectivity index (χ1v) is 23.0. The predicted molar refractivity (Wildman–Crippen MR) is 217 cm³/mol. The van der Waals surface area contributed by atoms with Gasteiger partial charge in [0.2, 0.25) is 0 Å². The number of rotatable bonds is 34. The lowest BCUT2D eigenvalue weighted by Crippen LogP contribution is -2.46. The third kappa shape index (κ3) is 32.7. The van der Waals surface area contributed by atoms with Crippen LogP contribution in [0.3, 0.4) is 0 Å². The van der Waals surface area contributed by atoms with Gasteiger partial charge in [-0.2, -0.15) is 8.42 Å². The van der Waals surface area contributed by atoms with Gasteiger partial charge >= 0.3 is 0 Å². The van der Waals surface area contributed by atoms with E-state index in [9.17, 15) is 8.42 Å². The monoisotopic (exact) mass is 709 g/mol. The van der Waals surface area contributed by atoms with E-state index in [0.717, 1.165) is 5.56 Å². The van der Waals surface area contributed by atoms with E-state index in [1.807, 2.05) is 6.92 Å². The molecule has 49 heavy (non-hydrogen) atoms. The highest BCUT2D eigenvalue weighted by Crippen LogP contribution is 2.18. The maximum atomic E-state index is 10.5. The van der Waals surface area contributed by atoms with E-state index in [4.69, 9.17) is 4.55 Å². The molecule has 4 nitrogen and oxygen atoms in total. The molecule has 0 saturated heterocycles. The average molecular weight is 709 g/mol. The number of unbranched alkanes of at least 4 members (excludes halogenated alkanes) is 27. The van der Waals surface area contributed by atoms with Crippen LogP contribution in [0.2, 0.25) is 0 Å². The van der Waals surface area contributed by atoms with Gasteiger partial charge in [-0.1, -0.05) is 193 Å². The van der Waals surface area contributed by atoms with E-state index in [1.54, 1.807) is 12.1 Å². The van der Waals surface area contributed by atoms with Gasteiger partial charge in [-0.25, -0.2) is 0 Å². The maximum Gasteiger partial charge on any atom is 0.294 e. The summed E-state index contributed by atoms with van der Waals surface area (Å²) in [5, 5.41) is 0. The minimum absolute atomic E-state index is 0.0666. The molecule has 0 radical (unpaired) electrons. The summed E-state index contributed by atoms with van der Waals surface area (Å²) in [6.07, 6.45) is 43.8. The summed E-state index contributed by atoms with van der Waals surface area (Å²) in [4.78, 5) is -0.0666. The van der Waals surface area contributed by atoms with Crippen LogP contribution in [0.4, 0.5) is 0 Å². The smallest absolute Gasteiger partial charge is 0.294 e. The SMILES string of the molecule is CCCCCCCCCCCC[N+](C)(CCCCCCCCCCCC)CCCCCCCCCCCC.Cc1ccc(S(=O)(=O)O)cc1. The largest absolute Gasteiger partial charge is 0.326 e. The summed E-state index contributed by atoms with van der Waals surface area (Å²) in [6.45, 7) is 13.1. The van der Waals surface area contributed by atoms with Crippen molar-refractivity contribution in [2.45, 2.75) is 225 Å². The van der Waals surface area contributed by atoms with Crippen LogP contribution in [0.15, 0.2) is 29.2 Å². The van der Waals surface area contributed by atoms with Crippen molar-refractivity contribution >= 4 is 10.1 Å². The molecule has 0 saturated carbocycles. The second-order valence-electron chi connectivity index (χ2n) is 15.6. The van der Waals surface area contributed by atoms with Gasteiger partial charge in [-0.15, -0.1) is 0 Å². The van der Waals surface area contributed by atoms with E-state index < -0.39 is 10.1 Å². The first-order chi connectivity index (χ1) is 23.7. The Morgan fingerprint density at radius 1 is 0.429 bits per heavy atom. The molecule has 0 bridgehead atoms. The van der Waals surface area contributed by atoms with E-state index >= 15 is 0 Å². The molecule has 0 heterocycles. The topological polar surface area (TPSA) is 54.4 Å². The molecule has 1 aromatic carbocycles. The van der Waals surface area contributed by atoms with Crippen molar-refractivity contribution in [2.24, 2.45) is 0 Å². The summed E-state index contributed by atoms with van der Waals surface area (Å²) >= 11 is 0. The highest BCUT2D eigenvalue weighted by molar-refractivity contribution is 7.85. The van der Waals surface area contributed by atoms with Crippen LogP contribution in [-0.2, 0) is 10.1 Å². The molecule has 0 atom stereocenters. The number of hydrogen-bond donors (Lipinski definition) is 1. The van der Waals surface area contributed by atoms with Gasteiger partial charge in [0, 0.05) is 0 Å². The molecule has 0 unspecified atom stereocenters. The molecule has 1 aromatic rings. The molecular formula is C44H86NO3S+. The van der Waals surface area contributed by atoms with Crippen LogP contribution in [0, 0.1) is 6.92 Å². The highest BCUT2D eigenvalue weighted by Gasteiger charge is 2.20. The van der Waals surface area contributed by atoms with Crippen molar-refractivity contribution in [2.75, 3.05) is 26.7 Å². The van der Waals surface area contributed by atoms with Gasteiger partial charge in [-0.05, 0) is 57.6 Å². The zero-order valence-electron chi connectivity index (χ0n) is 33.8. The van der Waals surface area contributed by atoms with Crippen LogP contribution < -0.4 is 0 Å². The zero-order valence-corrected chi connectivity index (χ0v) is 34.6. The van der Waals surface area contributed by atoms with Crippen molar-refractivity contribution in [3.63, 3.8) is 0 Å². The molecule has 0 amide bonds. The third-order valence-electron chi connectivity index (χ3n) is 10.5. The fourth-order valence-electron chi connectivity index (χ4n) is 6.99. The Balaban J connectivity index is 0.00000175. The third-order valence-corrected chi connectivity index (χ3v) is 11.3. The van der Waals surface area contributed by atoms with Gasteiger partial charge < -0.3 is 4.48 Å². The molecule has 0 fully saturated rings. The van der Waals surface area contributed by atoms with E-state index in [0.29, 0.717) is 0 Å². The average Bonchev–Trinajstić information content (AvgIpc) is 3.07. The first-order valence-electron chi connectivity index (χ1n) is 21.6. The summed E-state index contributed by atoms with van der Waals surface area (Å²) in [7, 11) is -1.41. The Bertz CT molecular complexity index is 855. The number of nitrogens with zero attached hydrogens (tertiary/aromatic N) is 1. The second-order valence-corrected chi connectivity index (χ2v) is 17.0. The highest BCUT2D eigenvalue weighted by atomic mass is 32.2. The minimum atomic E-state index is -4.02. The Morgan fingerprint density at radius 3 is 0.878 bits per heavy atom. The Kier molecular flexibility index (Phi) is 33.6. The summed E-state index contributed by atoms with van der Waals surface area (Å²) < 4.78 is 30.9. The maximum absolute atomic E-state index is 10.5. The van der Waals surface area contributed by atoms with Crippen molar-refractivity contribution in [1.82, 2.24) is 0 Å². The van der Waals surface area contributed by atoms with Crippen LogP contribution in [0.5, 0.6) is 0 Å². The molecule has 0 aliphatic heterocycles. The van der Waals surface area contributed by atoms with Gasteiger partial charge in [0.15, 0.2) is 0 Å².